The van der Waals surface area contributed by atoms with Gasteiger partial charge in [0, 0.05) is 19.3 Å². The van der Waals surface area contributed by atoms with Crippen LogP contribution in [0.4, 0.5) is 0 Å². The van der Waals surface area contributed by atoms with Crippen LogP contribution in [-0.2, 0) is 28.6 Å². The lowest BCUT2D eigenvalue weighted by Crippen LogP contribution is -2.30. The maximum atomic E-state index is 12.6. The van der Waals surface area contributed by atoms with Gasteiger partial charge in [0.15, 0.2) is 6.10 Å². The molecule has 0 bridgehead atoms. The molecule has 0 amide bonds. The topological polar surface area (TPSA) is 78.9 Å². The second-order valence-electron chi connectivity index (χ2n) is 14.0. The zero-order valence-electron chi connectivity index (χ0n) is 31.0. The first-order chi connectivity index (χ1) is 22.4. The number of esters is 3. The van der Waals surface area contributed by atoms with Gasteiger partial charge in [-0.2, -0.15) is 0 Å². The van der Waals surface area contributed by atoms with Crippen LogP contribution < -0.4 is 0 Å². The van der Waals surface area contributed by atoms with E-state index in [0.29, 0.717) is 19.3 Å². The fraction of sp³-hybridized carbons (Fsp3) is 0.925. The molecule has 1 atom stereocenters. The maximum Gasteiger partial charge on any atom is 0.306 e. The fourth-order valence-electron chi connectivity index (χ4n) is 5.74. The second-order valence-corrected chi connectivity index (χ2v) is 14.0. The van der Waals surface area contributed by atoms with E-state index in [1.807, 2.05) is 0 Å². The zero-order chi connectivity index (χ0) is 33.9. The van der Waals surface area contributed by atoms with Crippen molar-refractivity contribution in [3.05, 3.63) is 0 Å². The van der Waals surface area contributed by atoms with Crippen LogP contribution in [0.2, 0.25) is 0 Å². The first kappa shape index (κ1) is 44.4. The lowest BCUT2D eigenvalue weighted by atomic mass is 10.0. The monoisotopic (exact) mass is 653 g/mol. The molecule has 0 aromatic heterocycles. The normalized spacial score (nSPS) is 11.9. The molecule has 0 aromatic carbocycles. The second kappa shape index (κ2) is 34.7. The molecule has 46 heavy (non-hydrogen) atoms. The molecule has 0 fully saturated rings. The Kier molecular flexibility index (Phi) is 33.5. The minimum absolute atomic E-state index is 0.0663. The summed E-state index contributed by atoms with van der Waals surface area (Å²) in [6.45, 7) is 8.85. The molecule has 6 heteroatoms. The standard InChI is InChI=1S/C40H76O6/c1-5-7-9-11-12-13-14-15-16-21-25-29-33-40(43)46-37(34-44-38(41)31-27-22-10-8-6-2)35-45-39(42)32-28-24-20-18-17-19-23-26-30-36(3)4/h36-37H,5-35H2,1-4H3/t37-/m0/s1. The molecule has 0 aliphatic rings. The van der Waals surface area contributed by atoms with Crippen molar-refractivity contribution < 1.29 is 28.6 Å². The first-order valence-electron chi connectivity index (χ1n) is 19.9. The number of carbonyl (C=O) groups is 3. The van der Waals surface area contributed by atoms with E-state index < -0.39 is 6.10 Å². The van der Waals surface area contributed by atoms with Crippen molar-refractivity contribution in [3.8, 4) is 0 Å². The molecule has 0 aliphatic carbocycles. The lowest BCUT2D eigenvalue weighted by Gasteiger charge is -2.18. The number of rotatable bonds is 35. The summed E-state index contributed by atoms with van der Waals surface area (Å²) in [4.78, 5) is 37.2. The lowest BCUT2D eigenvalue weighted by molar-refractivity contribution is -0.167. The van der Waals surface area contributed by atoms with Gasteiger partial charge in [-0.05, 0) is 25.2 Å². The van der Waals surface area contributed by atoms with Crippen molar-refractivity contribution in [1.29, 1.82) is 0 Å². The Morgan fingerprint density at radius 3 is 1.07 bits per heavy atom. The fourth-order valence-corrected chi connectivity index (χ4v) is 5.74. The first-order valence-corrected chi connectivity index (χ1v) is 19.9. The van der Waals surface area contributed by atoms with Crippen molar-refractivity contribution >= 4 is 17.9 Å². The Labute approximate surface area is 285 Å². The van der Waals surface area contributed by atoms with Crippen LogP contribution in [0.25, 0.3) is 0 Å². The molecule has 0 saturated heterocycles. The largest absolute Gasteiger partial charge is 0.462 e. The number of ether oxygens (including phenoxy) is 3. The molecule has 0 unspecified atom stereocenters. The van der Waals surface area contributed by atoms with E-state index in [1.165, 1.54) is 103 Å². The van der Waals surface area contributed by atoms with Crippen LogP contribution in [0.5, 0.6) is 0 Å². The number of hydrogen-bond acceptors (Lipinski definition) is 6. The smallest absolute Gasteiger partial charge is 0.306 e. The van der Waals surface area contributed by atoms with Crippen molar-refractivity contribution in [1.82, 2.24) is 0 Å². The third-order valence-corrected chi connectivity index (χ3v) is 8.79. The SMILES string of the molecule is CCCCCCCCCCCCCCC(=O)O[C@@H](COC(=O)CCCCCCC)COC(=O)CCCCCCCCCCC(C)C. The Bertz CT molecular complexity index is 691. The molecule has 0 radical (unpaired) electrons. The third kappa shape index (κ3) is 33.8. The molecular weight excluding hydrogens is 576 g/mol. The molecule has 0 aliphatic heterocycles. The van der Waals surface area contributed by atoms with E-state index in [-0.39, 0.29) is 31.1 Å². The van der Waals surface area contributed by atoms with Gasteiger partial charge < -0.3 is 14.2 Å². The maximum absolute atomic E-state index is 12.6. The van der Waals surface area contributed by atoms with Gasteiger partial charge in [-0.25, -0.2) is 0 Å². The van der Waals surface area contributed by atoms with Crippen LogP contribution in [0.15, 0.2) is 0 Å². The van der Waals surface area contributed by atoms with Gasteiger partial charge in [-0.3, -0.25) is 14.4 Å². The Hall–Kier alpha value is -1.59. The summed E-state index contributed by atoms with van der Waals surface area (Å²) in [5.41, 5.74) is 0. The van der Waals surface area contributed by atoms with Gasteiger partial charge >= 0.3 is 17.9 Å². The summed E-state index contributed by atoms with van der Waals surface area (Å²) in [7, 11) is 0. The van der Waals surface area contributed by atoms with E-state index in [2.05, 4.69) is 27.7 Å². The van der Waals surface area contributed by atoms with Gasteiger partial charge in [0.2, 0.25) is 0 Å². The highest BCUT2D eigenvalue weighted by Crippen LogP contribution is 2.15. The minimum atomic E-state index is -0.756. The zero-order valence-corrected chi connectivity index (χ0v) is 31.0. The van der Waals surface area contributed by atoms with Crippen LogP contribution >= 0.6 is 0 Å². The van der Waals surface area contributed by atoms with Crippen molar-refractivity contribution in [2.24, 2.45) is 5.92 Å². The van der Waals surface area contributed by atoms with Gasteiger partial charge in [-0.15, -0.1) is 0 Å². The summed E-state index contributed by atoms with van der Waals surface area (Å²) < 4.78 is 16.5. The van der Waals surface area contributed by atoms with E-state index in [9.17, 15) is 14.4 Å². The van der Waals surface area contributed by atoms with E-state index >= 15 is 0 Å². The number of carbonyl (C=O) groups excluding carboxylic acids is 3. The molecule has 0 heterocycles. The summed E-state index contributed by atoms with van der Waals surface area (Å²) in [6.07, 6.45) is 31.2. The number of hydrogen-bond donors (Lipinski definition) is 0. The molecular formula is C40H76O6. The van der Waals surface area contributed by atoms with Gasteiger partial charge in [0.25, 0.3) is 0 Å². The highest BCUT2D eigenvalue weighted by atomic mass is 16.6. The van der Waals surface area contributed by atoms with Crippen molar-refractivity contribution in [2.75, 3.05) is 13.2 Å². The van der Waals surface area contributed by atoms with Crippen LogP contribution in [-0.4, -0.2) is 37.2 Å². The summed E-state index contributed by atoms with van der Waals surface area (Å²) in [6, 6.07) is 0. The molecule has 0 spiro atoms. The number of unbranched alkanes of at least 4 members (excludes halogenated alkanes) is 22. The minimum Gasteiger partial charge on any atom is -0.462 e. The van der Waals surface area contributed by atoms with Crippen molar-refractivity contribution in [3.63, 3.8) is 0 Å². The average molecular weight is 653 g/mol. The molecule has 0 N–H and O–H groups in total. The highest BCUT2D eigenvalue weighted by molar-refractivity contribution is 5.71. The van der Waals surface area contributed by atoms with E-state index in [4.69, 9.17) is 14.2 Å². The Balaban J connectivity index is 4.26. The highest BCUT2D eigenvalue weighted by Gasteiger charge is 2.19. The predicted octanol–water partition coefficient (Wildman–Crippen LogP) is 12.0. The predicted molar refractivity (Wildman–Crippen MR) is 192 cm³/mol. The van der Waals surface area contributed by atoms with E-state index in [1.54, 1.807) is 0 Å². The molecule has 272 valence electrons. The van der Waals surface area contributed by atoms with E-state index in [0.717, 1.165) is 70.1 Å². The van der Waals surface area contributed by atoms with Gasteiger partial charge in [-0.1, -0.05) is 175 Å². The summed E-state index contributed by atoms with van der Waals surface area (Å²) in [5, 5.41) is 0. The van der Waals surface area contributed by atoms with Crippen LogP contribution in [0.3, 0.4) is 0 Å². The van der Waals surface area contributed by atoms with Crippen LogP contribution in [0, 0.1) is 5.92 Å². The molecule has 6 nitrogen and oxygen atoms in total. The molecule has 0 aromatic rings. The third-order valence-electron chi connectivity index (χ3n) is 8.79. The van der Waals surface area contributed by atoms with Gasteiger partial charge in [0.1, 0.15) is 13.2 Å². The van der Waals surface area contributed by atoms with Gasteiger partial charge in [0.05, 0.1) is 0 Å². The molecule has 0 rings (SSSR count). The van der Waals surface area contributed by atoms with Crippen LogP contribution in [0.1, 0.15) is 214 Å². The average Bonchev–Trinajstić information content (AvgIpc) is 3.03. The summed E-state index contributed by atoms with van der Waals surface area (Å²) in [5.74, 6) is -0.0816. The van der Waals surface area contributed by atoms with Crippen molar-refractivity contribution in [2.45, 2.75) is 220 Å². The molecule has 0 saturated carbocycles. The Morgan fingerprint density at radius 2 is 0.717 bits per heavy atom. The Morgan fingerprint density at radius 1 is 0.413 bits per heavy atom. The summed E-state index contributed by atoms with van der Waals surface area (Å²) >= 11 is 0. The quantitative estimate of drug-likeness (QED) is 0.0385.